The Morgan fingerprint density at radius 1 is 1.39 bits per heavy atom. The summed E-state index contributed by atoms with van der Waals surface area (Å²) < 4.78 is 18.0. The van der Waals surface area contributed by atoms with Gasteiger partial charge in [0.15, 0.2) is 5.78 Å². The van der Waals surface area contributed by atoms with Crippen LogP contribution in [-0.4, -0.2) is 31.3 Å². The van der Waals surface area contributed by atoms with Gasteiger partial charge in [0.25, 0.3) is 0 Å². The number of halogens is 1. The Kier molecular flexibility index (Phi) is 3.10. The van der Waals surface area contributed by atoms with Crippen molar-refractivity contribution in [2.45, 2.75) is 6.42 Å². The van der Waals surface area contributed by atoms with Crippen molar-refractivity contribution < 1.29 is 23.5 Å². The zero-order valence-corrected chi connectivity index (χ0v) is 9.60. The van der Waals surface area contributed by atoms with Crippen molar-refractivity contribution in [1.82, 2.24) is 0 Å². The molecule has 0 saturated carbocycles. The topological polar surface area (TPSA) is 63.7 Å². The number of carbonyl (C=O) groups excluding carboxylic acids is 3. The fourth-order valence-corrected chi connectivity index (χ4v) is 1.77. The number of Topliss-reactive ketones (excluding diaryl/α,β-unsaturated/α-hetero) is 1. The van der Waals surface area contributed by atoms with E-state index in [1.165, 1.54) is 17.0 Å². The van der Waals surface area contributed by atoms with E-state index >= 15 is 0 Å². The van der Waals surface area contributed by atoms with Crippen molar-refractivity contribution in [3.05, 3.63) is 29.6 Å². The second-order valence-corrected chi connectivity index (χ2v) is 3.85. The third kappa shape index (κ3) is 2.09. The van der Waals surface area contributed by atoms with E-state index in [1.807, 2.05) is 0 Å². The van der Waals surface area contributed by atoms with Crippen LogP contribution >= 0.6 is 0 Å². The number of rotatable bonds is 2. The fraction of sp³-hybridized carbons (Fsp3) is 0.250. The first-order valence-electron chi connectivity index (χ1n) is 5.23. The van der Waals surface area contributed by atoms with E-state index in [2.05, 4.69) is 4.74 Å². The molecule has 1 aliphatic heterocycles. The molecule has 18 heavy (non-hydrogen) atoms. The Morgan fingerprint density at radius 3 is 2.61 bits per heavy atom. The standard InChI is InChI=1S/C12H10FNO4/c1-18-12(17)9-3-2-7(4-10(9)13)14-6-8(15)5-11(14)16/h2-4H,5-6H2,1H3. The van der Waals surface area contributed by atoms with Crippen LogP contribution in [0.25, 0.3) is 0 Å². The molecule has 5 nitrogen and oxygen atoms in total. The number of anilines is 1. The lowest BCUT2D eigenvalue weighted by atomic mass is 10.2. The molecule has 0 aromatic heterocycles. The van der Waals surface area contributed by atoms with E-state index in [-0.39, 0.29) is 35.9 Å². The third-order valence-corrected chi connectivity index (χ3v) is 2.65. The SMILES string of the molecule is COC(=O)c1ccc(N2CC(=O)CC2=O)cc1F. The van der Waals surface area contributed by atoms with Crippen molar-refractivity contribution >= 4 is 23.3 Å². The van der Waals surface area contributed by atoms with Crippen LogP contribution in [-0.2, 0) is 14.3 Å². The molecule has 2 rings (SSSR count). The van der Waals surface area contributed by atoms with E-state index in [4.69, 9.17) is 0 Å². The minimum absolute atomic E-state index is 0.0597. The monoisotopic (exact) mass is 251 g/mol. The molecule has 0 bridgehead atoms. The molecule has 1 heterocycles. The summed E-state index contributed by atoms with van der Waals surface area (Å²) in [5.41, 5.74) is 0.0511. The van der Waals surface area contributed by atoms with Crippen LogP contribution in [0.4, 0.5) is 10.1 Å². The highest BCUT2D eigenvalue weighted by Crippen LogP contribution is 2.22. The largest absolute Gasteiger partial charge is 0.465 e. The van der Waals surface area contributed by atoms with E-state index in [0.29, 0.717) is 0 Å². The Bertz CT molecular complexity index is 541. The van der Waals surface area contributed by atoms with E-state index in [0.717, 1.165) is 13.2 Å². The second kappa shape index (κ2) is 4.56. The van der Waals surface area contributed by atoms with Crippen LogP contribution in [0.2, 0.25) is 0 Å². The van der Waals surface area contributed by atoms with Gasteiger partial charge in [-0.2, -0.15) is 0 Å². The van der Waals surface area contributed by atoms with Gasteiger partial charge in [-0.15, -0.1) is 0 Å². The first-order valence-corrected chi connectivity index (χ1v) is 5.23. The van der Waals surface area contributed by atoms with Gasteiger partial charge in [0.1, 0.15) is 5.82 Å². The zero-order valence-electron chi connectivity index (χ0n) is 9.60. The average Bonchev–Trinajstić information content (AvgIpc) is 2.67. The van der Waals surface area contributed by atoms with Gasteiger partial charge in [0.2, 0.25) is 5.91 Å². The molecule has 1 amide bonds. The highest BCUT2D eigenvalue weighted by molar-refractivity contribution is 6.15. The molecular weight excluding hydrogens is 241 g/mol. The van der Waals surface area contributed by atoms with Crippen LogP contribution < -0.4 is 4.90 Å². The Labute approximate surface area is 102 Å². The quantitative estimate of drug-likeness (QED) is 0.579. The maximum Gasteiger partial charge on any atom is 0.340 e. The predicted molar refractivity (Wildman–Crippen MR) is 59.7 cm³/mol. The van der Waals surface area contributed by atoms with E-state index in [1.54, 1.807) is 0 Å². The molecule has 0 unspecified atom stereocenters. The summed E-state index contributed by atoms with van der Waals surface area (Å²) in [5, 5.41) is 0. The number of benzene rings is 1. The molecule has 1 aromatic rings. The lowest BCUT2D eigenvalue weighted by molar-refractivity contribution is -0.121. The number of ketones is 1. The van der Waals surface area contributed by atoms with Crippen LogP contribution in [0.1, 0.15) is 16.8 Å². The molecule has 94 valence electrons. The number of methoxy groups -OCH3 is 1. The van der Waals surface area contributed by atoms with Crippen molar-refractivity contribution in [1.29, 1.82) is 0 Å². The van der Waals surface area contributed by atoms with Crippen LogP contribution in [0.15, 0.2) is 18.2 Å². The van der Waals surface area contributed by atoms with Gasteiger partial charge in [-0.05, 0) is 18.2 Å². The summed E-state index contributed by atoms with van der Waals surface area (Å²) in [6, 6.07) is 3.68. The Hall–Kier alpha value is -2.24. The highest BCUT2D eigenvalue weighted by atomic mass is 19.1. The molecule has 0 atom stereocenters. The predicted octanol–water partition coefficient (Wildman–Crippen LogP) is 0.918. The van der Waals surface area contributed by atoms with Crippen molar-refractivity contribution in [2.75, 3.05) is 18.6 Å². The van der Waals surface area contributed by atoms with Crippen molar-refractivity contribution in [3.8, 4) is 0 Å². The number of hydrogen-bond donors (Lipinski definition) is 0. The van der Waals surface area contributed by atoms with Crippen molar-refractivity contribution in [2.24, 2.45) is 0 Å². The summed E-state index contributed by atoms with van der Waals surface area (Å²) in [7, 11) is 1.15. The fourth-order valence-electron chi connectivity index (χ4n) is 1.77. The van der Waals surface area contributed by atoms with Crippen molar-refractivity contribution in [3.63, 3.8) is 0 Å². The van der Waals surface area contributed by atoms with Crippen LogP contribution in [0.3, 0.4) is 0 Å². The van der Waals surface area contributed by atoms with Gasteiger partial charge < -0.3 is 9.64 Å². The molecule has 0 N–H and O–H groups in total. The smallest absolute Gasteiger partial charge is 0.340 e. The number of esters is 1. The minimum Gasteiger partial charge on any atom is -0.465 e. The molecule has 1 aromatic carbocycles. The summed E-state index contributed by atoms with van der Waals surface area (Å²) in [6.07, 6.45) is -0.166. The molecule has 0 aliphatic carbocycles. The Balaban J connectivity index is 2.32. The lowest BCUT2D eigenvalue weighted by Gasteiger charge is -2.15. The molecule has 1 aliphatic rings. The second-order valence-electron chi connectivity index (χ2n) is 3.85. The summed E-state index contributed by atoms with van der Waals surface area (Å²) in [5.74, 6) is -2.16. The maximum absolute atomic E-state index is 13.6. The first-order chi connectivity index (χ1) is 8.52. The Morgan fingerprint density at radius 2 is 2.11 bits per heavy atom. The summed E-state index contributed by atoms with van der Waals surface area (Å²) in [4.78, 5) is 34.9. The molecule has 6 heteroatoms. The van der Waals surface area contributed by atoms with Crippen LogP contribution in [0, 0.1) is 5.82 Å². The number of hydrogen-bond acceptors (Lipinski definition) is 4. The number of amides is 1. The normalized spacial score (nSPS) is 15.1. The highest BCUT2D eigenvalue weighted by Gasteiger charge is 2.29. The number of nitrogens with zero attached hydrogens (tertiary/aromatic N) is 1. The molecule has 0 radical (unpaired) electrons. The number of carbonyl (C=O) groups is 3. The van der Waals surface area contributed by atoms with Crippen LogP contribution in [0.5, 0.6) is 0 Å². The third-order valence-electron chi connectivity index (χ3n) is 2.65. The molecule has 1 saturated heterocycles. The van der Waals surface area contributed by atoms with Gasteiger partial charge in [-0.1, -0.05) is 0 Å². The minimum atomic E-state index is -0.789. The average molecular weight is 251 g/mol. The first kappa shape index (κ1) is 12.2. The zero-order chi connectivity index (χ0) is 13.3. The lowest BCUT2D eigenvalue weighted by Crippen LogP contribution is -2.24. The molecular formula is C12H10FNO4. The maximum atomic E-state index is 13.6. The summed E-state index contributed by atoms with van der Waals surface area (Å²) >= 11 is 0. The van der Waals surface area contributed by atoms with Gasteiger partial charge in [0.05, 0.1) is 25.6 Å². The van der Waals surface area contributed by atoms with Gasteiger partial charge >= 0.3 is 5.97 Å². The molecule has 1 fully saturated rings. The summed E-state index contributed by atoms with van der Waals surface area (Å²) in [6.45, 7) is -0.0597. The van der Waals surface area contributed by atoms with E-state index in [9.17, 15) is 18.8 Å². The number of ether oxygens (including phenoxy) is 1. The van der Waals surface area contributed by atoms with E-state index < -0.39 is 11.8 Å². The van der Waals surface area contributed by atoms with Gasteiger partial charge in [-0.25, -0.2) is 9.18 Å². The van der Waals surface area contributed by atoms with Gasteiger partial charge in [-0.3, -0.25) is 9.59 Å². The molecule has 0 spiro atoms. The van der Waals surface area contributed by atoms with Gasteiger partial charge in [0, 0.05) is 5.69 Å².